The SMILES string of the molecule is CC(=O)Nc1ccc(C(=O)C(C)N2CCCC2c2cccs2)cc1. The van der Waals surface area contributed by atoms with Gasteiger partial charge in [0, 0.05) is 29.1 Å². The maximum atomic E-state index is 12.9. The Kier molecular flexibility index (Phi) is 5.11. The molecule has 1 saturated heterocycles. The summed E-state index contributed by atoms with van der Waals surface area (Å²) in [5.41, 5.74) is 1.40. The molecule has 2 heterocycles. The van der Waals surface area contributed by atoms with Crippen LogP contribution >= 0.6 is 11.3 Å². The van der Waals surface area contributed by atoms with Gasteiger partial charge in [0.1, 0.15) is 0 Å². The van der Waals surface area contributed by atoms with E-state index in [-0.39, 0.29) is 17.7 Å². The molecule has 1 aliphatic heterocycles. The average molecular weight is 342 g/mol. The van der Waals surface area contributed by atoms with Gasteiger partial charge in [0.25, 0.3) is 0 Å². The number of nitrogens with zero attached hydrogens (tertiary/aromatic N) is 1. The average Bonchev–Trinajstić information content (AvgIpc) is 3.24. The van der Waals surface area contributed by atoms with E-state index in [0.29, 0.717) is 17.3 Å². The van der Waals surface area contributed by atoms with Crippen LogP contribution in [0.5, 0.6) is 0 Å². The van der Waals surface area contributed by atoms with E-state index in [9.17, 15) is 9.59 Å². The fraction of sp³-hybridized carbons (Fsp3) is 0.368. The summed E-state index contributed by atoms with van der Waals surface area (Å²) in [5, 5.41) is 4.82. The summed E-state index contributed by atoms with van der Waals surface area (Å²) >= 11 is 1.76. The van der Waals surface area contributed by atoms with Crippen LogP contribution in [0.4, 0.5) is 5.69 Å². The minimum Gasteiger partial charge on any atom is -0.326 e. The fourth-order valence-electron chi connectivity index (χ4n) is 3.35. The number of rotatable bonds is 5. The lowest BCUT2D eigenvalue weighted by Crippen LogP contribution is -2.38. The van der Waals surface area contributed by atoms with Crippen molar-refractivity contribution in [1.82, 2.24) is 4.90 Å². The number of hydrogen-bond donors (Lipinski definition) is 1. The number of thiophene rings is 1. The molecule has 1 aromatic heterocycles. The molecule has 0 radical (unpaired) electrons. The highest BCUT2D eigenvalue weighted by molar-refractivity contribution is 7.10. The van der Waals surface area contributed by atoms with Crippen molar-refractivity contribution < 1.29 is 9.59 Å². The summed E-state index contributed by atoms with van der Waals surface area (Å²) < 4.78 is 0. The zero-order valence-corrected chi connectivity index (χ0v) is 14.8. The monoisotopic (exact) mass is 342 g/mol. The van der Waals surface area contributed by atoms with Crippen molar-refractivity contribution in [2.75, 3.05) is 11.9 Å². The van der Waals surface area contributed by atoms with Crippen molar-refractivity contribution >= 4 is 28.7 Å². The van der Waals surface area contributed by atoms with Gasteiger partial charge >= 0.3 is 0 Å². The van der Waals surface area contributed by atoms with Crippen molar-refractivity contribution in [2.45, 2.75) is 38.8 Å². The highest BCUT2D eigenvalue weighted by atomic mass is 32.1. The lowest BCUT2D eigenvalue weighted by Gasteiger charge is -2.29. The smallest absolute Gasteiger partial charge is 0.221 e. The molecule has 3 rings (SSSR count). The second-order valence-corrected chi connectivity index (χ2v) is 7.19. The highest BCUT2D eigenvalue weighted by Gasteiger charge is 2.33. The molecular weight excluding hydrogens is 320 g/mol. The number of Topliss-reactive ketones (excluding diaryl/α,β-unsaturated/α-hetero) is 1. The number of likely N-dealkylation sites (tertiary alicyclic amines) is 1. The van der Waals surface area contributed by atoms with Gasteiger partial charge in [-0.1, -0.05) is 6.07 Å². The minimum absolute atomic E-state index is 0.113. The summed E-state index contributed by atoms with van der Waals surface area (Å²) in [4.78, 5) is 27.6. The highest BCUT2D eigenvalue weighted by Crippen LogP contribution is 2.36. The van der Waals surface area contributed by atoms with E-state index >= 15 is 0 Å². The maximum absolute atomic E-state index is 12.9. The molecule has 2 aromatic rings. The number of amides is 1. The third-order valence-electron chi connectivity index (χ3n) is 4.53. The van der Waals surface area contributed by atoms with Crippen molar-refractivity contribution in [3.05, 3.63) is 52.2 Å². The van der Waals surface area contributed by atoms with E-state index < -0.39 is 0 Å². The first kappa shape index (κ1) is 16.9. The Balaban J connectivity index is 1.73. The Hall–Kier alpha value is -1.98. The van der Waals surface area contributed by atoms with Gasteiger partial charge in [-0.3, -0.25) is 14.5 Å². The number of benzene rings is 1. The molecule has 2 atom stereocenters. The number of hydrogen-bond acceptors (Lipinski definition) is 4. The third kappa shape index (κ3) is 3.57. The number of carbonyl (C=O) groups excluding carboxylic acids is 2. The number of nitrogens with one attached hydrogen (secondary N) is 1. The molecule has 0 saturated carbocycles. The number of ketones is 1. The first-order valence-corrected chi connectivity index (χ1v) is 9.15. The maximum Gasteiger partial charge on any atom is 0.221 e. The Morgan fingerprint density at radius 2 is 2.00 bits per heavy atom. The zero-order chi connectivity index (χ0) is 17.1. The molecule has 2 unspecified atom stereocenters. The Bertz CT molecular complexity index is 709. The molecule has 24 heavy (non-hydrogen) atoms. The van der Waals surface area contributed by atoms with Crippen molar-refractivity contribution in [1.29, 1.82) is 0 Å². The van der Waals surface area contributed by atoms with Gasteiger partial charge in [-0.25, -0.2) is 0 Å². The largest absolute Gasteiger partial charge is 0.326 e. The van der Waals surface area contributed by atoms with Crippen LogP contribution in [0.25, 0.3) is 0 Å². The van der Waals surface area contributed by atoms with E-state index in [4.69, 9.17) is 0 Å². The van der Waals surface area contributed by atoms with Gasteiger partial charge in [0.2, 0.25) is 5.91 Å². The van der Waals surface area contributed by atoms with E-state index in [1.807, 2.05) is 6.92 Å². The van der Waals surface area contributed by atoms with Crippen molar-refractivity contribution in [3.63, 3.8) is 0 Å². The molecule has 0 bridgehead atoms. The van der Waals surface area contributed by atoms with E-state index in [2.05, 4.69) is 27.7 Å². The lowest BCUT2D eigenvalue weighted by molar-refractivity contribution is -0.114. The molecule has 4 nitrogen and oxygen atoms in total. The second-order valence-electron chi connectivity index (χ2n) is 6.21. The Labute approximate surface area is 146 Å². The van der Waals surface area contributed by atoms with Gasteiger partial charge in [-0.15, -0.1) is 11.3 Å². The molecule has 1 aliphatic rings. The summed E-state index contributed by atoms with van der Waals surface area (Å²) in [5.74, 6) is 0.0196. The minimum atomic E-state index is -0.147. The van der Waals surface area contributed by atoms with E-state index in [1.165, 1.54) is 11.8 Å². The van der Waals surface area contributed by atoms with Gasteiger partial charge < -0.3 is 5.32 Å². The molecule has 1 amide bonds. The number of anilines is 1. The van der Waals surface area contributed by atoms with Gasteiger partial charge in [0.15, 0.2) is 5.78 Å². The van der Waals surface area contributed by atoms with Crippen LogP contribution in [0.2, 0.25) is 0 Å². The van der Waals surface area contributed by atoms with Gasteiger partial charge in [-0.2, -0.15) is 0 Å². The molecule has 1 fully saturated rings. The summed E-state index contributed by atoms with van der Waals surface area (Å²) in [6.45, 7) is 4.43. The molecule has 1 N–H and O–H groups in total. The molecule has 5 heteroatoms. The fourth-order valence-corrected chi connectivity index (χ4v) is 4.23. The number of carbonyl (C=O) groups is 2. The first-order valence-electron chi connectivity index (χ1n) is 8.27. The van der Waals surface area contributed by atoms with Gasteiger partial charge in [0.05, 0.1) is 6.04 Å². The summed E-state index contributed by atoms with van der Waals surface area (Å²) in [6, 6.07) is 11.6. The topological polar surface area (TPSA) is 49.4 Å². The van der Waals surface area contributed by atoms with Crippen LogP contribution in [0.3, 0.4) is 0 Å². The molecule has 1 aromatic carbocycles. The van der Waals surface area contributed by atoms with Crippen molar-refractivity contribution in [3.8, 4) is 0 Å². The van der Waals surface area contributed by atoms with Crippen LogP contribution in [0.15, 0.2) is 41.8 Å². The third-order valence-corrected chi connectivity index (χ3v) is 5.51. The van der Waals surface area contributed by atoms with Crippen LogP contribution < -0.4 is 5.32 Å². The predicted octanol–water partition coefficient (Wildman–Crippen LogP) is 4.11. The standard InChI is InChI=1S/C19H22N2O2S/c1-13(21-11-3-5-17(21)18-6-4-12-24-18)19(23)15-7-9-16(10-8-15)20-14(2)22/h4,6-10,12-13,17H,3,5,11H2,1-2H3,(H,20,22). The predicted molar refractivity (Wildman–Crippen MR) is 97.5 cm³/mol. The lowest BCUT2D eigenvalue weighted by atomic mass is 10.0. The molecular formula is C19H22N2O2S. The van der Waals surface area contributed by atoms with E-state index in [1.54, 1.807) is 35.6 Å². The first-order chi connectivity index (χ1) is 11.6. The Morgan fingerprint density at radius 3 is 2.62 bits per heavy atom. The Morgan fingerprint density at radius 1 is 1.25 bits per heavy atom. The normalized spacial score (nSPS) is 19.2. The van der Waals surface area contributed by atoms with E-state index in [0.717, 1.165) is 19.4 Å². The molecule has 126 valence electrons. The van der Waals surface area contributed by atoms with Crippen LogP contribution in [0, 0.1) is 0 Å². The summed E-state index contributed by atoms with van der Waals surface area (Å²) in [7, 11) is 0. The van der Waals surface area contributed by atoms with Crippen molar-refractivity contribution in [2.24, 2.45) is 0 Å². The van der Waals surface area contributed by atoms with Crippen LogP contribution in [-0.2, 0) is 4.79 Å². The molecule has 0 aliphatic carbocycles. The quantitative estimate of drug-likeness (QED) is 0.832. The van der Waals surface area contributed by atoms with Crippen LogP contribution in [0.1, 0.15) is 48.0 Å². The van der Waals surface area contributed by atoms with Crippen LogP contribution in [-0.4, -0.2) is 29.2 Å². The zero-order valence-electron chi connectivity index (χ0n) is 14.0. The molecule has 0 spiro atoms. The second kappa shape index (κ2) is 7.28. The summed E-state index contributed by atoms with van der Waals surface area (Å²) in [6.07, 6.45) is 2.24. The van der Waals surface area contributed by atoms with Gasteiger partial charge in [-0.05, 0) is 62.0 Å².